The highest BCUT2D eigenvalue weighted by Gasteiger charge is 2.22. The Balaban J connectivity index is 1.76. The van der Waals surface area contributed by atoms with Crippen LogP contribution in [-0.2, 0) is 4.79 Å². The SMILES string of the molecule is CC(CC(=O)Nc1ccc(N2CCCC2)c(C(=O)NC(C)c2ccccc2)c1)CC(C)(C)C. The van der Waals surface area contributed by atoms with E-state index in [1.54, 1.807) is 0 Å². The summed E-state index contributed by atoms with van der Waals surface area (Å²) in [6.45, 7) is 12.6. The van der Waals surface area contributed by atoms with Crippen LogP contribution in [0.2, 0.25) is 0 Å². The lowest BCUT2D eigenvalue weighted by atomic mass is 9.84. The number of hydrogen-bond acceptors (Lipinski definition) is 3. The van der Waals surface area contributed by atoms with Crippen LogP contribution in [-0.4, -0.2) is 24.9 Å². The van der Waals surface area contributed by atoms with E-state index in [4.69, 9.17) is 0 Å². The minimum Gasteiger partial charge on any atom is -0.371 e. The molecule has 5 nitrogen and oxygen atoms in total. The first-order chi connectivity index (χ1) is 15.6. The molecule has 0 aliphatic carbocycles. The number of benzene rings is 2. The van der Waals surface area contributed by atoms with Gasteiger partial charge in [0.25, 0.3) is 5.91 Å². The molecule has 2 atom stereocenters. The van der Waals surface area contributed by atoms with Gasteiger partial charge in [0.1, 0.15) is 0 Å². The molecule has 2 unspecified atom stereocenters. The first-order valence-corrected chi connectivity index (χ1v) is 12.2. The van der Waals surface area contributed by atoms with Crippen LogP contribution in [0.3, 0.4) is 0 Å². The molecule has 1 aliphatic heterocycles. The maximum Gasteiger partial charge on any atom is 0.253 e. The van der Waals surface area contributed by atoms with Gasteiger partial charge >= 0.3 is 0 Å². The fourth-order valence-electron chi connectivity index (χ4n) is 4.77. The summed E-state index contributed by atoms with van der Waals surface area (Å²) in [5.74, 6) is 0.165. The third-order valence-corrected chi connectivity index (χ3v) is 6.11. The Bertz CT molecular complexity index is 943. The molecule has 1 heterocycles. The second-order valence-electron chi connectivity index (χ2n) is 10.7. The molecule has 0 bridgehead atoms. The van der Waals surface area contributed by atoms with Crippen molar-refractivity contribution >= 4 is 23.2 Å². The Labute approximate surface area is 199 Å². The largest absolute Gasteiger partial charge is 0.371 e. The monoisotopic (exact) mass is 449 g/mol. The van der Waals surface area contributed by atoms with Crippen LogP contribution in [0.4, 0.5) is 11.4 Å². The number of carbonyl (C=O) groups is 2. The summed E-state index contributed by atoms with van der Waals surface area (Å²) in [7, 11) is 0. The lowest BCUT2D eigenvalue weighted by Crippen LogP contribution is -2.29. The van der Waals surface area contributed by atoms with Crippen LogP contribution in [0.25, 0.3) is 0 Å². The number of carbonyl (C=O) groups excluding carboxylic acids is 2. The summed E-state index contributed by atoms with van der Waals surface area (Å²) in [6.07, 6.45) is 3.72. The summed E-state index contributed by atoms with van der Waals surface area (Å²) >= 11 is 0. The molecule has 3 rings (SSSR count). The van der Waals surface area contributed by atoms with Gasteiger partial charge in [0.2, 0.25) is 5.91 Å². The average Bonchev–Trinajstić information content (AvgIpc) is 3.27. The lowest BCUT2D eigenvalue weighted by Gasteiger charge is -2.24. The molecule has 2 aromatic carbocycles. The molecular weight excluding hydrogens is 410 g/mol. The molecule has 33 heavy (non-hydrogen) atoms. The van der Waals surface area contributed by atoms with E-state index in [9.17, 15) is 9.59 Å². The van der Waals surface area contributed by atoms with Crippen LogP contribution in [0.5, 0.6) is 0 Å². The molecule has 2 aromatic rings. The molecular formula is C28H39N3O2. The maximum absolute atomic E-state index is 13.3. The summed E-state index contributed by atoms with van der Waals surface area (Å²) in [6, 6.07) is 15.6. The fourth-order valence-corrected chi connectivity index (χ4v) is 4.77. The van der Waals surface area contributed by atoms with Crippen molar-refractivity contribution in [2.45, 2.75) is 66.3 Å². The zero-order valence-corrected chi connectivity index (χ0v) is 20.8. The van der Waals surface area contributed by atoms with E-state index < -0.39 is 0 Å². The van der Waals surface area contributed by atoms with Crippen LogP contribution < -0.4 is 15.5 Å². The fraction of sp³-hybridized carbons (Fsp3) is 0.500. The number of rotatable bonds is 8. The van der Waals surface area contributed by atoms with Crippen molar-refractivity contribution in [2.24, 2.45) is 11.3 Å². The van der Waals surface area contributed by atoms with E-state index in [0.717, 1.165) is 43.6 Å². The molecule has 1 aliphatic rings. The van der Waals surface area contributed by atoms with Gasteiger partial charge in [-0.15, -0.1) is 0 Å². The predicted molar refractivity (Wildman–Crippen MR) is 137 cm³/mol. The topological polar surface area (TPSA) is 61.4 Å². The van der Waals surface area contributed by atoms with Crippen molar-refractivity contribution in [1.29, 1.82) is 0 Å². The van der Waals surface area contributed by atoms with Gasteiger partial charge in [-0.05, 0) is 61.3 Å². The maximum atomic E-state index is 13.3. The number of nitrogens with zero attached hydrogens (tertiary/aromatic N) is 1. The van der Waals surface area contributed by atoms with E-state index in [2.05, 4.69) is 43.2 Å². The van der Waals surface area contributed by atoms with Crippen molar-refractivity contribution in [2.75, 3.05) is 23.3 Å². The second-order valence-corrected chi connectivity index (χ2v) is 10.7. The van der Waals surface area contributed by atoms with E-state index >= 15 is 0 Å². The quantitative estimate of drug-likeness (QED) is 0.506. The third kappa shape index (κ3) is 7.34. The van der Waals surface area contributed by atoms with Crippen molar-refractivity contribution in [1.82, 2.24) is 5.32 Å². The van der Waals surface area contributed by atoms with Crippen LogP contribution in [0.1, 0.15) is 82.3 Å². The number of amides is 2. The zero-order valence-electron chi connectivity index (χ0n) is 20.8. The highest BCUT2D eigenvalue weighted by atomic mass is 16.2. The molecule has 0 radical (unpaired) electrons. The number of anilines is 2. The van der Waals surface area contributed by atoms with Gasteiger partial charge in [0.15, 0.2) is 0 Å². The Morgan fingerprint density at radius 3 is 2.30 bits per heavy atom. The van der Waals surface area contributed by atoms with Gasteiger partial charge in [0.05, 0.1) is 11.6 Å². The van der Waals surface area contributed by atoms with Gasteiger partial charge in [-0.2, -0.15) is 0 Å². The van der Waals surface area contributed by atoms with Gasteiger partial charge in [-0.25, -0.2) is 0 Å². The van der Waals surface area contributed by atoms with Crippen LogP contribution >= 0.6 is 0 Å². The predicted octanol–water partition coefficient (Wildman–Crippen LogP) is 6.18. The number of hydrogen-bond donors (Lipinski definition) is 2. The third-order valence-electron chi connectivity index (χ3n) is 6.11. The highest BCUT2D eigenvalue weighted by Crippen LogP contribution is 2.29. The van der Waals surface area contributed by atoms with Gasteiger partial charge < -0.3 is 15.5 Å². The molecule has 0 spiro atoms. The molecule has 178 valence electrons. The summed E-state index contributed by atoms with van der Waals surface area (Å²) in [5.41, 5.74) is 3.47. The smallest absolute Gasteiger partial charge is 0.253 e. The van der Waals surface area contributed by atoms with Crippen LogP contribution in [0.15, 0.2) is 48.5 Å². The molecule has 5 heteroatoms. The summed E-state index contributed by atoms with van der Waals surface area (Å²) in [5, 5.41) is 6.16. The van der Waals surface area contributed by atoms with E-state index in [1.165, 1.54) is 0 Å². The lowest BCUT2D eigenvalue weighted by molar-refractivity contribution is -0.117. The zero-order chi connectivity index (χ0) is 24.0. The number of nitrogens with one attached hydrogen (secondary N) is 2. The minimum absolute atomic E-state index is 0.00955. The first kappa shape index (κ1) is 24.8. The second kappa shape index (κ2) is 10.9. The van der Waals surface area contributed by atoms with E-state index in [-0.39, 0.29) is 23.3 Å². The van der Waals surface area contributed by atoms with Crippen LogP contribution in [0, 0.1) is 11.3 Å². The molecule has 2 N–H and O–H groups in total. The Morgan fingerprint density at radius 2 is 1.67 bits per heavy atom. The molecule has 1 fully saturated rings. The van der Waals surface area contributed by atoms with Crippen molar-refractivity contribution in [3.63, 3.8) is 0 Å². The van der Waals surface area contributed by atoms with Gasteiger partial charge in [-0.3, -0.25) is 9.59 Å². The van der Waals surface area contributed by atoms with Crippen molar-refractivity contribution in [3.8, 4) is 0 Å². The normalized spacial score (nSPS) is 15.7. The van der Waals surface area contributed by atoms with Crippen molar-refractivity contribution < 1.29 is 9.59 Å². The molecule has 0 aromatic heterocycles. The highest BCUT2D eigenvalue weighted by molar-refractivity contribution is 6.02. The average molecular weight is 450 g/mol. The molecule has 0 saturated carbocycles. The van der Waals surface area contributed by atoms with Crippen molar-refractivity contribution in [3.05, 3.63) is 59.7 Å². The Hall–Kier alpha value is -2.82. The van der Waals surface area contributed by atoms with Gasteiger partial charge in [-0.1, -0.05) is 58.0 Å². The molecule has 1 saturated heterocycles. The Morgan fingerprint density at radius 1 is 1.00 bits per heavy atom. The minimum atomic E-state index is -0.120. The van der Waals surface area contributed by atoms with E-state index in [0.29, 0.717) is 23.6 Å². The first-order valence-electron chi connectivity index (χ1n) is 12.2. The summed E-state index contributed by atoms with van der Waals surface area (Å²) < 4.78 is 0. The van der Waals surface area contributed by atoms with Gasteiger partial charge in [0, 0.05) is 30.9 Å². The molecule has 2 amide bonds. The summed E-state index contributed by atoms with van der Waals surface area (Å²) in [4.78, 5) is 28.3. The Kier molecular flexibility index (Phi) is 8.17. The standard InChI is InChI=1S/C28H39N3O2/c1-20(19-28(3,4)5)17-26(32)30-23-13-14-25(31-15-9-10-16-31)24(18-23)27(33)29-21(2)22-11-7-6-8-12-22/h6-8,11-14,18,20-21H,9-10,15-17,19H2,1-5H3,(H,29,33)(H,30,32). The van der Waals surface area contributed by atoms with E-state index in [1.807, 2.05) is 55.5 Å².